The second-order valence-electron chi connectivity index (χ2n) is 9.10. The number of hydrogen-bond acceptors (Lipinski definition) is 8. The van der Waals surface area contributed by atoms with Crippen molar-refractivity contribution in [1.82, 2.24) is 5.32 Å². The third kappa shape index (κ3) is 7.23. The van der Waals surface area contributed by atoms with Crippen LogP contribution >= 0.6 is 0 Å². The van der Waals surface area contributed by atoms with Crippen LogP contribution in [0.5, 0.6) is 23.0 Å². The Kier molecular flexibility index (Phi) is 8.55. The highest BCUT2D eigenvalue weighted by atomic mass is 16.5. The molecule has 3 aromatic carbocycles. The fourth-order valence-electron chi connectivity index (χ4n) is 3.26. The molecule has 0 aliphatic rings. The Morgan fingerprint density at radius 3 is 1.83 bits per heavy atom. The zero-order chi connectivity index (χ0) is 26.3. The van der Waals surface area contributed by atoms with Gasteiger partial charge in [0.1, 0.15) is 17.6 Å². The second kappa shape index (κ2) is 11.6. The predicted octanol–water partition coefficient (Wildman–Crippen LogP) is 4.91. The van der Waals surface area contributed by atoms with Gasteiger partial charge in [0.15, 0.2) is 11.5 Å². The van der Waals surface area contributed by atoms with Crippen molar-refractivity contribution in [2.45, 2.75) is 32.4 Å². The Balaban J connectivity index is 1.78. The van der Waals surface area contributed by atoms with Gasteiger partial charge in [-0.05, 0) is 87.0 Å². The molecule has 190 valence electrons. The Morgan fingerprint density at radius 1 is 0.833 bits per heavy atom. The van der Waals surface area contributed by atoms with Crippen LogP contribution in [-0.2, 0) is 4.74 Å². The summed E-state index contributed by atoms with van der Waals surface area (Å²) in [7, 11) is 3.08. The highest BCUT2D eigenvalue weighted by Crippen LogP contribution is 2.32. The number of nitrogens with one attached hydrogen (secondary N) is 1. The number of phenolic OH excluding ortho intramolecular Hbond substituents is 1. The molecule has 0 radical (unpaired) electrons. The van der Waals surface area contributed by atoms with E-state index in [0.717, 1.165) is 0 Å². The first kappa shape index (κ1) is 26.6. The van der Waals surface area contributed by atoms with E-state index in [9.17, 15) is 14.7 Å². The van der Waals surface area contributed by atoms with Crippen LogP contribution in [-0.4, -0.2) is 43.3 Å². The number of hydrogen-bond donors (Lipinski definition) is 2. The Morgan fingerprint density at radius 2 is 1.36 bits per heavy atom. The lowest BCUT2D eigenvalue weighted by Crippen LogP contribution is -2.39. The topological polar surface area (TPSA) is 103 Å². The SMILES string of the molecule is COc1ccc(C(=O)Oc2ccc(C(CNC(C)(C)C)OC(=O)c3ccc(OC)cc3)cc2O)cc1. The standard InChI is InChI=1S/C28H31NO7/c1-28(2,3)29-17-25(36-27(32)19-8-13-22(34-5)14-9-19)20-10-15-24(23(30)16-20)35-26(31)18-6-11-21(33-4)12-7-18/h6-16,25,29-30H,17H2,1-5H3. The smallest absolute Gasteiger partial charge is 0.343 e. The fraction of sp³-hybridized carbons (Fsp3) is 0.286. The second-order valence-corrected chi connectivity index (χ2v) is 9.10. The predicted molar refractivity (Wildman–Crippen MR) is 135 cm³/mol. The molecule has 2 N–H and O–H groups in total. The van der Waals surface area contributed by atoms with Crippen molar-refractivity contribution in [2.75, 3.05) is 20.8 Å². The molecule has 0 aliphatic heterocycles. The number of benzene rings is 3. The lowest BCUT2D eigenvalue weighted by atomic mass is 10.1. The minimum absolute atomic E-state index is 0.0106. The summed E-state index contributed by atoms with van der Waals surface area (Å²) in [5, 5.41) is 13.9. The van der Waals surface area contributed by atoms with Crippen LogP contribution in [0.1, 0.15) is 53.2 Å². The molecular formula is C28H31NO7. The number of esters is 2. The molecule has 1 atom stereocenters. The summed E-state index contributed by atoms with van der Waals surface area (Å²) in [6.45, 7) is 6.29. The fourth-order valence-corrected chi connectivity index (χ4v) is 3.26. The van der Waals surface area contributed by atoms with Gasteiger partial charge in [-0.15, -0.1) is 0 Å². The maximum Gasteiger partial charge on any atom is 0.343 e. The zero-order valence-corrected chi connectivity index (χ0v) is 21.0. The maximum absolute atomic E-state index is 12.8. The Hall–Kier alpha value is -4.04. The first-order valence-corrected chi connectivity index (χ1v) is 11.4. The first-order valence-electron chi connectivity index (χ1n) is 11.4. The number of aromatic hydroxyl groups is 1. The summed E-state index contributed by atoms with van der Waals surface area (Å²) in [6.07, 6.45) is -0.712. The van der Waals surface area contributed by atoms with Crippen LogP contribution in [0.3, 0.4) is 0 Å². The van der Waals surface area contributed by atoms with Gasteiger partial charge in [-0.1, -0.05) is 6.07 Å². The molecule has 0 bridgehead atoms. The Bertz CT molecular complexity index is 1180. The van der Waals surface area contributed by atoms with Gasteiger partial charge in [0.05, 0.1) is 25.3 Å². The maximum atomic E-state index is 12.8. The van der Waals surface area contributed by atoms with Gasteiger partial charge in [-0.3, -0.25) is 0 Å². The van der Waals surface area contributed by atoms with E-state index in [2.05, 4.69) is 5.32 Å². The van der Waals surface area contributed by atoms with Crippen LogP contribution < -0.4 is 19.5 Å². The van der Waals surface area contributed by atoms with E-state index < -0.39 is 18.0 Å². The van der Waals surface area contributed by atoms with Crippen LogP contribution in [0.25, 0.3) is 0 Å². The summed E-state index contributed by atoms with van der Waals surface area (Å²) < 4.78 is 21.4. The molecule has 3 aromatic rings. The molecule has 1 unspecified atom stereocenters. The summed E-state index contributed by atoms with van der Waals surface area (Å²) in [4.78, 5) is 25.3. The van der Waals surface area contributed by atoms with Crippen molar-refractivity contribution in [3.05, 3.63) is 83.4 Å². The van der Waals surface area contributed by atoms with Gasteiger partial charge >= 0.3 is 11.9 Å². The van der Waals surface area contributed by atoms with Gasteiger partial charge in [0, 0.05) is 12.1 Å². The van der Waals surface area contributed by atoms with Gasteiger partial charge in [0.2, 0.25) is 0 Å². The van der Waals surface area contributed by atoms with Crippen LogP contribution in [0.4, 0.5) is 0 Å². The lowest BCUT2D eigenvalue weighted by Gasteiger charge is -2.26. The summed E-state index contributed by atoms with van der Waals surface area (Å²) in [5.41, 5.74) is 0.974. The van der Waals surface area contributed by atoms with Crippen LogP contribution in [0.15, 0.2) is 66.7 Å². The molecule has 0 aliphatic carbocycles. The van der Waals surface area contributed by atoms with Gasteiger partial charge in [0.25, 0.3) is 0 Å². The molecule has 36 heavy (non-hydrogen) atoms. The highest BCUT2D eigenvalue weighted by Gasteiger charge is 2.23. The van der Waals surface area contributed by atoms with E-state index in [1.807, 2.05) is 20.8 Å². The van der Waals surface area contributed by atoms with Gasteiger partial charge in [-0.2, -0.15) is 0 Å². The van der Waals surface area contributed by atoms with Crippen molar-refractivity contribution < 1.29 is 33.6 Å². The minimum Gasteiger partial charge on any atom is -0.504 e. The third-order valence-electron chi connectivity index (χ3n) is 5.28. The molecular weight excluding hydrogens is 462 g/mol. The molecule has 8 nitrogen and oxygen atoms in total. The molecule has 0 heterocycles. The van der Waals surface area contributed by atoms with Crippen molar-refractivity contribution in [1.29, 1.82) is 0 Å². The first-order chi connectivity index (χ1) is 17.1. The van der Waals surface area contributed by atoms with E-state index >= 15 is 0 Å². The van der Waals surface area contributed by atoms with Crippen molar-refractivity contribution in [2.24, 2.45) is 0 Å². The van der Waals surface area contributed by atoms with Crippen LogP contribution in [0, 0.1) is 0 Å². The molecule has 0 saturated heterocycles. The van der Waals surface area contributed by atoms with E-state index in [4.69, 9.17) is 18.9 Å². The third-order valence-corrected chi connectivity index (χ3v) is 5.28. The highest BCUT2D eigenvalue weighted by molar-refractivity contribution is 5.91. The number of methoxy groups -OCH3 is 2. The van der Waals surface area contributed by atoms with Crippen molar-refractivity contribution in [3.8, 4) is 23.0 Å². The lowest BCUT2D eigenvalue weighted by molar-refractivity contribution is 0.0282. The zero-order valence-electron chi connectivity index (χ0n) is 21.0. The average Bonchev–Trinajstić information content (AvgIpc) is 2.87. The van der Waals surface area contributed by atoms with Gasteiger partial charge in [-0.25, -0.2) is 9.59 Å². The number of ether oxygens (including phenoxy) is 4. The van der Waals surface area contributed by atoms with Crippen LogP contribution in [0.2, 0.25) is 0 Å². The van der Waals surface area contributed by atoms with E-state index in [0.29, 0.717) is 34.7 Å². The number of phenols is 1. The van der Waals surface area contributed by atoms with E-state index in [1.54, 1.807) is 61.7 Å². The molecule has 0 fully saturated rings. The average molecular weight is 494 g/mol. The summed E-state index contributed by atoms with van der Waals surface area (Å²) >= 11 is 0. The quantitative estimate of drug-likeness (QED) is 0.320. The molecule has 0 amide bonds. The summed E-state index contributed by atoms with van der Waals surface area (Å²) in [5.74, 6) is -0.176. The van der Waals surface area contributed by atoms with Crippen molar-refractivity contribution in [3.63, 3.8) is 0 Å². The molecule has 0 saturated carbocycles. The van der Waals surface area contributed by atoms with Crippen molar-refractivity contribution >= 4 is 11.9 Å². The molecule has 0 aromatic heterocycles. The normalized spacial score (nSPS) is 11.9. The van der Waals surface area contributed by atoms with E-state index in [-0.39, 0.29) is 17.0 Å². The van der Waals surface area contributed by atoms with Gasteiger partial charge < -0.3 is 29.4 Å². The molecule has 0 spiro atoms. The Labute approximate surface area is 210 Å². The molecule has 3 rings (SSSR count). The summed E-state index contributed by atoms with van der Waals surface area (Å²) in [6, 6.07) is 17.6. The number of carbonyl (C=O) groups excluding carboxylic acids is 2. The monoisotopic (exact) mass is 493 g/mol. The largest absolute Gasteiger partial charge is 0.504 e. The number of carbonyl (C=O) groups is 2. The minimum atomic E-state index is -0.712. The number of rotatable bonds is 9. The molecule has 8 heteroatoms. The van der Waals surface area contributed by atoms with E-state index in [1.165, 1.54) is 19.2 Å².